The Morgan fingerprint density at radius 3 is 2.67 bits per heavy atom. The molecule has 0 aliphatic carbocycles. The van der Waals surface area contributed by atoms with Gasteiger partial charge in [-0.05, 0) is 12.1 Å². The van der Waals surface area contributed by atoms with Crippen molar-refractivity contribution in [1.82, 2.24) is 5.43 Å². The zero-order valence-electron chi connectivity index (χ0n) is 7.30. The zero-order valence-corrected chi connectivity index (χ0v) is 8.81. The van der Waals surface area contributed by atoms with E-state index in [9.17, 15) is 9.18 Å². The van der Waals surface area contributed by atoms with Crippen LogP contribution in [0.2, 0.25) is 10.0 Å². The minimum atomic E-state index is -0.857. The highest BCUT2D eigenvalue weighted by molar-refractivity contribution is 6.35. The average Bonchev–Trinajstić information content (AvgIpc) is 2.17. The topological polar surface area (TPSA) is 67.5 Å². The summed E-state index contributed by atoms with van der Waals surface area (Å²) in [6.07, 6.45) is 1.02. The number of nitrogens with one attached hydrogen (secondary N) is 1. The first kappa shape index (κ1) is 11.7. The summed E-state index contributed by atoms with van der Waals surface area (Å²) in [5, 5.41) is 3.42. The molecule has 0 aromatic heterocycles. The summed E-state index contributed by atoms with van der Waals surface area (Å²) in [6.45, 7) is 0. The molecule has 4 nitrogen and oxygen atoms in total. The van der Waals surface area contributed by atoms with Gasteiger partial charge < -0.3 is 5.73 Å². The van der Waals surface area contributed by atoms with Crippen molar-refractivity contribution in [2.24, 2.45) is 10.8 Å². The molecule has 1 rings (SSSR count). The van der Waals surface area contributed by atoms with Gasteiger partial charge in [-0.1, -0.05) is 23.2 Å². The van der Waals surface area contributed by atoms with Crippen molar-refractivity contribution in [1.29, 1.82) is 0 Å². The third kappa shape index (κ3) is 3.07. The van der Waals surface area contributed by atoms with Gasteiger partial charge in [0.2, 0.25) is 0 Å². The van der Waals surface area contributed by atoms with E-state index in [2.05, 4.69) is 5.10 Å². The van der Waals surface area contributed by atoms with Crippen LogP contribution in [0.15, 0.2) is 17.2 Å². The Morgan fingerprint density at radius 2 is 2.07 bits per heavy atom. The van der Waals surface area contributed by atoms with Crippen molar-refractivity contribution in [3.63, 3.8) is 0 Å². The number of nitrogens with zero attached hydrogens (tertiary/aromatic N) is 1. The first-order valence-electron chi connectivity index (χ1n) is 3.74. The predicted molar refractivity (Wildman–Crippen MR) is 56.7 cm³/mol. The number of amides is 2. The molecule has 3 N–H and O–H groups in total. The van der Waals surface area contributed by atoms with E-state index in [0.717, 1.165) is 6.21 Å². The van der Waals surface area contributed by atoms with E-state index in [-0.39, 0.29) is 15.6 Å². The molecule has 0 bridgehead atoms. The van der Waals surface area contributed by atoms with Crippen LogP contribution in [0.3, 0.4) is 0 Å². The molecule has 0 radical (unpaired) electrons. The molecule has 0 saturated carbocycles. The largest absolute Gasteiger partial charge is 0.350 e. The number of primary amides is 1. The molecule has 0 saturated heterocycles. The molecule has 0 aliphatic heterocycles. The smallest absolute Gasteiger partial charge is 0.332 e. The molecule has 15 heavy (non-hydrogen) atoms. The molecule has 7 heteroatoms. The summed E-state index contributed by atoms with van der Waals surface area (Å²) in [4.78, 5) is 10.3. The highest BCUT2D eigenvalue weighted by Crippen LogP contribution is 2.23. The van der Waals surface area contributed by atoms with Crippen LogP contribution in [-0.4, -0.2) is 12.2 Å². The Labute approximate surface area is 94.9 Å². The van der Waals surface area contributed by atoms with Crippen LogP contribution >= 0.6 is 23.2 Å². The highest BCUT2D eigenvalue weighted by Gasteiger charge is 2.08. The van der Waals surface area contributed by atoms with Gasteiger partial charge in [-0.3, -0.25) is 0 Å². The van der Waals surface area contributed by atoms with E-state index in [1.54, 1.807) is 0 Å². The first-order valence-corrected chi connectivity index (χ1v) is 4.50. The van der Waals surface area contributed by atoms with Crippen LogP contribution in [0.25, 0.3) is 0 Å². The lowest BCUT2D eigenvalue weighted by Crippen LogP contribution is -2.24. The van der Waals surface area contributed by atoms with Gasteiger partial charge in [-0.15, -0.1) is 0 Å². The standard InChI is InChI=1S/C8H6Cl2FN3O/c9-5-1-2-6(10)7(11)4(5)3-13-14-8(12)15/h1-3H,(H3,12,14,15). The third-order valence-corrected chi connectivity index (χ3v) is 2.07. The summed E-state index contributed by atoms with van der Waals surface area (Å²) < 4.78 is 13.3. The number of nitrogens with two attached hydrogens (primary N) is 1. The maximum Gasteiger partial charge on any atom is 0.332 e. The number of hydrazone groups is 1. The van der Waals surface area contributed by atoms with Crippen molar-refractivity contribution < 1.29 is 9.18 Å². The van der Waals surface area contributed by atoms with Gasteiger partial charge in [0.05, 0.1) is 21.8 Å². The van der Waals surface area contributed by atoms with Crippen LogP contribution < -0.4 is 11.2 Å². The Bertz CT molecular complexity index is 423. The van der Waals surface area contributed by atoms with E-state index in [0.29, 0.717) is 0 Å². The van der Waals surface area contributed by atoms with Crippen LogP contribution in [0.1, 0.15) is 5.56 Å². The molecule has 0 atom stereocenters. The normalized spacial score (nSPS) is 10.6. The Hall–Kier alpha value is -1.33. The molecular formula is C8H6Cl2FN3O. The molecule has 0 aliphatic rings. The molecule has 0 heterocycles. The van der Waals surface area contributed by atoms with Gasteiger partial charge in [0.25, 0.3) is 0 Å². The van der Waals surface area contributed by atoms with Crippen LogP contribution in [-0.2, 0) is 0 Å². The van der Waals surface area contributed by atoms with Gasteiger partial charge in [0.1, 0.15) is 0 Å². The second-order valence-electron chi connectivity index (χ2n) is 2.49. The lowest BCUT2D eigenvalue weighted by atomic mass is 10.2. The number of rotatable bonds is 2. The molecule has 0 spiro atoms. The van der Waals surface area contributed by atoms with Gasteiger partial charge in [-0.2, -0.15) is 5.10 Å². The zero-order chi connectivity index (χ0) is 11.4. The number of halogens is 3. The summed E-state index contributed by atoms with van der Waals surface area (Å²) in [7, 11) is 0. The lowest BCUT2D eigenvalue weighted by Gasteiger charge is -2.01. The van der Waals surface area contributed by atoms with E-state index in [1.165, 1.54) is 12.1 Å². The van der Waals surface area contributed by atoms with Crippen molar-refractivity contribution in [2.45, 2.75) is 0 Å². The first-order chi connectivity index (χ1) is 7.02. The van der Waals surface area contributed by atoms with Gasteiger partial charge in [0.15, 0.2) is 5.82 Å². The maximum absolute atomic E-state index is 13.3. The molecule has 2 amide bonds. The average molecular weight is 250 g/mol. The number of carbonyl (C=O) groups is 1. The Kier molecular flexibility index (Phi) is 3.88. The van der Waals surface area contributed by atoms with Crippen LogP contribution in [0.4, 0.5) is 9.18 Å². The lowest BCUT2D eigenvalue weighted by molar-refractivity contribution is 0.249. The van der Waals surface area contributed by atoms with Gasteiger partial charge in [0, 0.05) is 0 Å². The molecular weight excluding hydrogens is 244 g/mol. The Morgan fingerprint density at radius 1 is 1.47 bits per heavy atom. The van der Waals surface area contributed by atoms with Crippen molar-refractivity contribution in [2.75, 3.05) is 0 Å². The summed E-state index contributed by atoms with van der Waals surface area (Å²) in [5.41, 5.74) is 6.64. The molecule has 80 valence electrons. The fraction of sp³-hybridized carbons (Fsp3) is 0. The van der Waals surface area contributed by atoms with Crippen LogP contribution in [0.5, 0.6) is 0 Å². The quantitative estimate of drug-likeness (QED) is 0.471. The third-order valence-electron chi connectivity index (χ3n) is 1.45. The number of hydrogen-bond donors (Lipinski definition) is 2. The summed E-state index contributed by atoms with van der Waals surface area (Å²) >= 11 is 11.2. The minimum Gasteiger partial charge on any atom is -0.350 e. The fourth-order valence-corrected chi connectivity index (χ4v) is 1.18. The Balaban J connectivity index is 2.98. The number of carbonyl (C=O) groups excluding carboxylic acids is 1. The second kappa shape index (κ2) is 4.95. The minimum absolute atomic E-state index is 0.0158. The van der Waals surface area contributed by atoms with E-state index < -0.39 is 11.8 Å². The van der Waals surface area contributed by atoms with Crippen LogP contribution in [0, 0.1) is 5.82 Å². The van der Waals surface area contributed by atoms with E-state index in [1.807, 2.05) is 5.43 Å². The van der Waals surface area contributed by atoms with Gasteiger partial charge >= 0.3 is 6.03 Å². The second-order valence-corrected chi connectivity index (χ2v) is 3.31. The molecule has 0 fully saturated rings. The fourth-order valence-electron chi connectivity index (χ4n) is 0.822. The van der Waals surface area contributed by atoms with E-state index in [4.69, 9.17) is 28.9 Å². The van der Waals surface area contributed by atoms with Gasteiger partial charge in [-0.25, -0.2) is 14.6 Å². The molecule has 1 aromatic rings. The maximum atomic E-state index is 13.3. The summed E-state index contributed by atoms with van der Waals surface area (Å²) in [6, 6.07) is 1.88. The number of hydrogen-bond acceptors (Lipinski definition) is 2. The molecule has 0 unspecified atom stereocenters. The van der Waals surface area contributed by atoms with Crippen molar-refractivity contribution in [3.05, 3.63) is 33.6 Å². The van der Waals surface area contributed by atoms with Crippen molar-refractivity contribution in [3.8, 4) is 0 Å². The number of benzene rings is 1. The highest BCUT2D eigenvalue weighted by atomic mass is 35.5. The summed E-state index contributed by atoms with van der Waals surface area (Å²) in [5.74, 6) is -0.709. The SMILES string of the molecule is NC(=O)NN=Cc1c(Cl)ccc(Cl)c1F. The predicted octanol–water partition coefficient (Wildman–Crippen LogP) is 2.13. The van der Waals surface area contributed by atoms with Crippen molar-refractivity contribution >= 4 is 35.4 Å². The number of urea groups is 1. The molecule has 1 aromatic carbocycles. The van der Waals surface area contributed by atoms with E-state index >= 15 is 0 Å². The monoisotopic (exact) mass is 249 g/mol.